The molecule has 6 nitrogen and oxygen atoms in total. The molecule has 0 amide bonds. The van der Waals surface area contributed by atoms with Crippen LogP contribution in [-0.2, 0) is 4.79 Å². The number of hydrogen-bond acceptors (Lipinski definition) is 5. The first-order valence-electron chi connectivity index (χ1n) is 6.18. The molecule has 2 aromatic rings. The van der Waals surface area contributed by atoms with Crippen molar-refractivity contribution in [2.24, 2.45) is 0 Å². The third kappa shape index (κ3) is 2.33. The molecule has 0 spiro atoms. The molecule has 0 saturated heterocycles. The van der Waals surface area contributed by atoms with E-state index in [2.05, 4.69) is 15.1 Å². The first kappa shape index (κ1) is 11.8. The predicted octanol–water partition coefficient (Wildman–Crippen LogP) is 2.20. The average Bonchev–Trinajstić information content (AvgIpc) is 3.15. The lowest BCUT2D eigenvalue weighted by atomic mass is 10.1. The van der Waals surface area contributed by atoms with Gasteiger partial charge < -0.3 is 9.63 Å². The molecule has 2 heterocycles. The molecule has 1 aliphatic rings. The van der Waals surface area contributed by atoms with Crippen LogP contribution in [0.5, 0.6) is 0 Å². The van der Waals surface area contributed by atoms with Crippen molar-refractivity contribution in [3.63, 3.8) is 0 Å². The molecule has 1 unspecified atom stereocenters. The molecule has 1 saturated carbocycles. The maximum Gasteiger partial charge on any atom is 0.315 e. The van der Waals surface area contributed by atoms with Crippen LogP contribution in [0, 0.1) is 0 Å². The van der Waals surface area contributed by atoms with Crippen LogP contribution in [0.4, 0.5) is 0 Å². The van der Waals surface area contributed by atoms with Gasteiger partial charge in [0.2, 0.25) is 11.7 Å². The van der Waals surface area contributed by atoms with Crippen molar-refractivity contribution in [3.8, 4) is 11.4 Å². The van der Waals surface area contributed by atoms with E-state index >= 15 is 0 Å². The lowest BCUT2D eigenvalue weighted by Crippen LogP contribution is -2.07. The third-order valence-electron chi connectivity index (χ3n) is 3.22. The van der Waals surface area contributed by atoms with E-state index in [1.54, 1.807) is 12.3 Å². The molecule has 0 aliphatic heterocycles. The highest BCUT2D eigenvalue weighted by Gasteiger charge is 2.26. The normalized spacial score (nSPS) is 16.3. The van der Waals surface area contributed by atoms with Crippen molar-refractivity contribution >= 4 is 5.97 Å². The average molecular weight is 259 g/mol. The zero-order chi connectivity index (χ0) is 13.4. The Kier molecular flexibility index (Phi) is 2.77. The van der Waals surface area contributed by atoms with Gasteiger partial charge in [-0.3, -0.25) is 9.78 Å². The van der Waals surface area contributed by atoms with E-state index in [4.69, 9.17) is 9.63 Å². The summed E-state index contributed by atoms with van der Waals surface area (Å²) in [7, 11) is 0. The number of aliphatic carboxylic acids is 1. The van der Waals surface area contributed by atoms with Gasteiger partial charge >= 0.3 is 5.97 Å². The highest BCUT2D eigenvalue weighted by atomic mass is 16.5. The smallest absolute Gasteiger partial charge is 0.315 e. The highest BCUT2D eigenvalue weighted by Crippen LogP contribution is 2.39. The van der Waals surface area contributed by atoms with Crippen molar-refractivity contribution in [1.29, 1.82) is 0 Å². The lowest BCUT2D eigenvalue weighted by Gasteiger charge is -1.99. The summed E-state index contributed by atoms with van der Waals surface area (Å²) in [6.07, 6.45) is 4.06. The number of hydrogen-bond donors (Lipinski definition) is 1. The second-order valence-corrected chi connectivity index (χ2v) is 4.76. The van der Waals surface area contributed by atoms with Crippen LogP contribution >= 0.6 is 0 Å². The van der Waals surface area contributed by atoms with Gasteiger partial charge in [0.1, 0.15) is 5.92 Å². The SMILES string of the molecule is CC(C(=O)O)c1nc(-c2ccnc(C3CC3)c2)no1. The van der Waals surface area contributed by atoms with Gasteiger partial charge in [-0.05, 0) is 31.9 Å². The Morgan fingerprint density at radius 3 is 3.00 bits per heavy atom. The van der Waals surface area contributed by atoms with E-state index in [0.29, 0.717) is 11.7 Å². The van der Waals surface area contributed by atoms with E-state index in [1.165, 1.54) is 19.8 Å². The highest BCUT2D eigenvalue weighted by molar-refractivity contribution is 5.74. The van der Waals surface area contributed by atoms with Crippen LogP contribution in [0.15, 0.2) is 22.9 Å². The monoisotopic (exact) mass is 259 g/mol. The molecule has 1 N–H and O–H groups in total. The van der Waals surface area contributed by atoms with Gasteiger partial charge in [0, 0.05) is 23.4 Å². The van der Waals surface area contributed by atoms with Gasteiger partial charge in [0.05, 0.1) is 0 Å². The standard InChI is InChI=1S/C13H13N3O3/c1-7(13(17)18)12-15-11(16-19-12)9-4-5-14-10(6-9)8-2-3-8/h4-8H,2-3H2,1H3,(H,17,18). The molecule has 1 fully saturated rings. The fraction of sp³-hybridized carbons (Fsp3) is 0.385. The van der Waals surface area contributed by atoms with E-state index in [1.807, 2.05) is 6.07 Å². The van der Waals surface area contributed by atoms with Crippen LogP contribution < -0.4 is 0 Å². The topological polar surface area (TPSA) is 89.1 Å². The fourth-order valence-electron chi connectivity index (χ4n) is 1.82. The van der Waals surface area contributed by atoms with Crippen molar-refractivity contribution in [3.05, 3.63) is 29.9 Å². The molecule has 19 heavy (non-hydrogen) atoms. The Labute approximate surface area is 109 Å². The minimum Gasteiger partial charge on any atom is -0.481 e. The van der Waals surface area contributed by atoms with Gasteiger partial charge in [-0.1, -0.05) is 5.16 Å². The Hall–Kier alpha value is -2.24. The molecule has 1 aliphatic carbocycles. The van der Waals surface area contributed by atoms with Crippen molar-refractivity contribution < 1.29 is 14.4 Å². The third-order valence-corrected chi connectivity index (χ3v) is 3.22. The number of aromatic nitrogens is 3. The van der Waals surface area contributed by atoms with Gasteiger partial charge in [-0.25, -0.2) is 0 Å². The van der Waals surface area contributed by atoms with E-state index in [9.17, 15) is 4.79 Å². The summed E-state index contributed by atoms with van der Waals surface area (Å²) in [6, 6.07) is 3.74. The quantitative estimate of drug-likeness (QED) is 0.905. The molecule has 2 aromatic heterocycles. The maximum atomic E-state index is 10.9. The number of carboxylic acids is 1. The van der Waals surface area contributed by atoms with Crippen molar-refractivity contribution in [1.82, 2.24) is 15.1 Å². The Morgan fingerprint density at radius 2 is 2.32 bits per heavy atom. The summed E-state index contributed by atoms with van der Waals surface area (Å²) in [5.74, 6) is -0.710. The van der Waals surface area contributed by atoms with Crippen LogP contribution in [0.1, 0.15) is 43.2 Å². The molecular weight excluding hydrogens is 246 g/mol. The molecule has 3 rings (SSSR count). The van der Waals surface area contributed by atoms with Crippen molar-refractivity contribution in [2.45, 2.75) is 31.6 Å². The lowest BCUT2D eigenvalue weighted by molar-refractivity contribution is -0.138. The molecular formula is C13H13N3O3. The summed E-state index contributed by atoms with van der Waals surface area (Å²) in [5, 5.41) is 12.7. The summed E-state index contributed by atoms with van der Waals surface area (Å²) >= 11 is 0. The summed E-state index contributed by atoms with van der Waals surface area (Å²) < 4.78 is 5.00. The fourth-order valence-corrected chi connectivity index (χ4v) is 1.82. The van der Waals surface area contributed by atoms with E-state index in [0.717, 1.165) is 11.3 Å². The number of nitrogens with zero attached hydrogens (tertiary/aromatic N) is 3. The number of carboxylic acid groups (broad SMARTS) is 1. The maximum absolute atomic E-state index is 10.9. The van der Waals surface area contributed by atoms with Crippen LogP contribution in [-0.4, -0.2) is 26.2 Å². The molecule has 1 atom stereocenters. The molecule has 0 radical (unpaired) electrons. The molecule has 0 bridgehead atoms. The second-order valence-electron chi connectivity index (χ2n) is 4.76. The predicted molar refractivity (Wildman–Crippen MR) is 65.6 cm³/mol. The number of rotatable bonds is 4. The number of pyridine rings is 1. The molecule has 0 aromatic carbocycles. The van der Waals surface area contributed by atoms with Gasteiger partial charge in [-0.15, -0.1) is 0 Å². The Balaban J connectivity index is 1.89. The minimum absolute atomic E-state index is 0.118. The van der Waals surface area contributed by atoms with Crippen LogP contribution in [0.2, 0.25) is 0 Å². The zero-order valence-electron chi connectivity index (χ0n) is 10.4. The molecule has 6 heteroatoms. The van der Waals surface area contributed by atoms with Crippen molar-refractivity contribution in [2.75, 3.05) is 0 Å². The summed E-state index contributed by atoms with van der Waals surface area (Å²) in [6.45, 7) is 1.52. The largest absolute Gasteiger partial charge is 0.481 e. The van der Waals surface area contributed by atoms with Crippen LogP contribution in [0.3, 0.4) is 0 Å². The summed E-state index contributed by atoms with van der Waals surface area (Å²) in [5.41, 5.74) is 1.85. The Morgan fingerprint density at radius 1 is 1.53 bits per heavy atom. The Bertz CT molecular complexity index is 619. The van der Waals surface area contributed by atoms with E-state index < -0.39 is 11.9 Å². The number of carbonyl (C=O) groups is 1. The van der Waals surface area contributed by atoms with E-state index in [-0.39, 0.29) is 5.89 Å². The zero-order valence-corrected chi connectivity index (χ0v) is 10.4. The van der Waals surface area contributed by atoms with Gasteiger partial charge in [0.15, 0.2) is 0 Å². The first-order chi connectivity index (χ1) is 9.15. The summed E-state index contributed by atoms with van der Waals surface area (Å²) in [4.78, 5) is 19.3. The second kappa shape index (κ2) is 4.46. The first-order valence-corrected chi connectivity index (χ1v) is 6.18. The minimum atomic E-state index is -0.983. The molecule has 98 valence electrons. The van der Waals surface area contributed by atoms with Gasteiger partial charge in [-0.2, -0.15) is 4.98 Å². The van der Waals surface area contributed by atoms with Crippen LogP contribution in [0.25, 0.3) is 11.4 Å². The van der Waals surface area contributed by atoms with Gasteiger partial charge in [0.25, 0.3) is 0 Å².